The highest BCUT2D eigenvalue weighted by atomic mass is 32.2. The van der Waals surface area contributed by atoms with Crippen LogP contribution in [0.4, 0.5) is 5.69 Å². The van der Waals surface area contributed by atoms with Gasteiger partial charge in [0, 0.05) is 24.9 Å². The Labute approximate surface area is 126 Å². The van der Waals surface area contributed by atoms with Crippen LogP contribution in [0.5, 0.6) is 0 Å². The van der Waals surface area contributed by atoms with Crippen molar-refractivity contribution in [3.05, 3.63) is 24.3 Å². The van der Waals surface area contributed by atoms with Crippen molar-refractivity contribution in [2.45, 2.75) is 44.0 Å². The van der Waals surface area contributed by atoms with E-state index in [0.717, 1.165) is 31.5 Å². The Hall–Kier alpha value is -1.11. The fourth-order valence-corrected chi connectivity index (χ4v) is 3.28. The summed E-state index contributed by atoms with van der Waals surface area (Å²) in [5, 5.41) is 12.3. The number of anilines is 1. The van der Waals surface area contributed by atoms with E-state index in [1.807, 2.05) is 0 Å². The molecule has 118 valence electrons. The quantitative estimate of drug-likeness (QED) is 0.685. The zero-order valence-corrected chi connectivity index (χ0v) is 13.4. The molecule has 1 aromatic rings. The molecule has 0 radical (unpaired) electrons. The van der Waals surface area contributed by atoms with E-state index >= 15 is 0 Å². The lowest BCUT2D eigenvalue weighted by atomic mass is 9.90. The minimum Gasteiger partial charge on any atom is -0.396 e. The van der Waals surface area contributed by atoms with Crippen LogP contribution in [0.25, 0.3) is 0 Å². The highest BCUT2D eigenvalue weighted by Crippen LogP contribution is 2.24. The van der Waals surface area contributed by atoms with E-state index in [1.54, 1.807) is 24.3 Å². The van der Waals surface area contributed by atoms with Gasteiger partial charge in [-0.25, -0.2) is 13.1 Å². The largest absolute Gasteiger partial charge is 0.396 e. The first-order valence-corrected chi connectivity index (χ1v) is 8.78. The average molecular weight is 312 g/mol. The van der Waals surface area contributed by atoms with Crippen molar-refractivity contribution in [1.82, 2.24) is 4.72 Å². The van der Waals surface area contributed by atoms with Crippen LogP contribution in [-0.4, -0.2) is 32.7 Å². The second kappa shape index (κ2) is 6.34. The number of hydrogen-bond donors (Lipinski definition) is 3. The smallest absolute Gasteiger partial charge is 0.240 e. The van der Waals surface area contributed by atoms with E-state index in [9.17, 15) is 8.42 Å². The van der Waals surface area contributed by atoms with Gasteiger partial charge in [0.1, 0.15) is 0 Å². The van der Waals surface area contributed by atoms with Crippen molar-refractivity contribution in [2.75, 3.05) is 18.5 Å². The summed E-state index contributed by atoms with van der Waals surface area (Å²) in [6.45, 7) is 5.04. The number of nitrogens with one attached hydrogen (secondary N) is 2. The zero-order chi connectivity index (χ0) is 15.5. The highest BCUT2D eigenvalue weighted by molar-refractivity contribution is 7.89. The van der Waals surface area contributed by atoms with Gasteiger partial charge in [0.2, 0.25) is 10.0 Å². The molecule has 0 atom stereocenters. The van der Waals surface area contributed by atoms with Crippen molar-refractivity contribution in [2.24, 2.45) is 5.41 Å². The van der Waals surface area contributed by atoms with Gasteiger partial charge >= 0.3 is 0 Å². The number of benzene rings is 1. The third kappa shape index (κ3) is 4.98. The van der Waals surface area contributed by atoms with Gasteiger partial charge in [0.05, 0.1) is 4.90 Å². The molecular weight excluding hydrogens is 288 g/mol. The first-order chi connectivity index (χ1) is 9.82. The number of rotatable bonds is 8. The SMILES string of the molecule is CC(C)(CCO)CNc1ccc(S(=O)(=O)NC2CC2)cc1. The van der Waals surface area contributed by atoms with Gasteiger partial charge in [0.15, 0.2) is 0 Å². The van der Waals surface area contributed by atoms with E-state index in [-0.39, 0.29) is 18.1 Å². The van der Waals surface area contributed by atoms with Crippen molar-refractivity contribution in [3.63, 3.8) is 0 Å². The van der Waals surface area contributed by atoms with Gasteiger partial charge in [-0.2, -0.15) is 0 Å². The molecule has 0 heterocycles. The van der Waals surface area contributed by atoms with Crippen LogP contribution in [0.3, 0.4) is 0 Å². The molecule has 0 bridgehead atoms. The predicted octanol–water partition coefficient (Wildman–Crippen LogP) is 1.95. The summed E-state index contributed by atoms with van der Waals surface area (Å²) < 4.78 is 26.7. The standard InChI is InChI=1S/C15H24N2O3S/c1-15(2,9-10-18)11-16-12-5-7-14(8-6-12)21(19,20)17-13-3-4-13/h5-8,13,16-18H,3-4,9-11H2,1-2H3. The summed E-state index contributed by atoms with van der Waals surface area (Å²) in [6, 6.07) is 6.90. The van der Waals surface area contributed by atoms with Gasteiger partial charge in [-0.15, -0.1) is 0 Å². The van der Waals surface area contributed by atoms with E-state index in [1.165, 1.54) is 0 Å². The third-order valence-corrected chi connectivity index (χ3v) is 5.16. The van der Waals surface area contributed by atoms with Crippen LogP contribution < -0.4 is 10.0 Å². The molecule has 0 saturated heterocycles. The van der Waals surface area contributed by atoms with Crippen molar-refractivity contribution < 1.29 is 13.5 Å². The summed E-state index contributed by atoms with van der Waals surface area (Å²) in [5.41, 5.74) is 0.874. The molecule has 21 heavy (non-hydrogen) atoms. The fourth-order valence-electron chi connectivity index (χ4n) is 1.97. The molecule has 3 N–H and O–H groups in total. The van der Waals surface area contributed by atoms with Gasteiger partial charge < -0.3 is 10.4 Å². The highest BCUT2D eigenvalue weighted by Gasteiger charge is 2.27. The Morgan fingerprint density at radius 3 is 2.38 bits per heavy atom. The number of aliphatic hydroxyl groups excluding tert-OH is 1. The summed E-state index contributed by atoms with van der Waals surface area (Å²) >= 11 is 0. The minimum atomic E-state index is -3.38. The molecule has 1 aromatic carbocycles. The first kappa shape index (κ1) is 16.3. The van der Waals surface area contributed by atoms with E-state index in [4.69, 9.17) is 5.11 Å². The van der Waals surface area contributed by atoms with Gasteiger partial charge in [-0.1, -0.05) is 13.8 Å². The van der Waals surface area contributed by atoms with Crippen LogP contribution in [-0.2, 0) is 10.0 Å². The molecule has 1 aliphatic rings. The molecule has 1 fully saturated rings. The lowest BCUT2D eigenvalue weighted by Crippen LogP contribution is -2.26. The molecule has 0 aromatic heterocycles. The summed E-state index contributed by atoms with van der Waals surface area (Å²) in [5.74, 6) is 0. The molecule has 5 nitrogen and oxygen atoms in total. The third-order valence-electron chi connectivity index (χ3n) is 3.62. The van der Waals surface area contributed by atoms with Crippen molar-refractivity contribution in [3.8, 4) is 0 Å². The van der Waals surface area contributed by atoms with Gasteiger partial charge in [-0.3, -0.25) is 0 Å². The molecular formula is C15H24N2O3S. The van der Waals surface area contributed by atoms with E-state index in [0.29, 0.717) is 4.90 Å². The Kier molecular flexibility index (Phi) is 4.91. The topological polar surface area (TPSA) is 78.4 Å². The van der Waals surface area contributed by atoms with E-state index in [2.05, 4.69) is 23.9 Å². The minimum absolute atomic E-state index is 0.00692. The molecule has 1 aliphatic carbocycles. The molecule has 0 unspecified atom stereocenters. The Bertz CT molecular complexity index is 563. The zero-order valence-electron chi connectivity index (χ0n) is 12.6. The maximum atomic E-state index is 12.0. The lowest BCUT2D eigenvalue weighted by molar-refractivity contribution is 0.220. The molecule has 0 aliphatic heterocycles. The summed E-state index contributed by atoms with van der Waals surface area (Å²) in [4.78, 5) is 0.301. The Morgan fingerprint density at radius 2 is 1.86 bits per heavy atom. The predicted molar refractivity (Wildman–Crippen MR) is 83.8 cm³/mol. The fraction of sp³-hybridized carbons (Fsp3) is 0.600. The lowest BCUT2D eigenvalue weighted by Gasteiger charge is -2.24. The maximum absolute atomic E-state index is 12.0. The van der Waals surface area contributed by atoms with Gasteiger partial charge in [0.25, 0.3) is 0 Å². The normalized spacial score (nSPS) is 16.0. The molecule has 1 saturated carbocycles. The summed E-state index contributed by atoms with van der Waals surface area (Å²) in [7, 11) is -3.38. The van der Waals surface area contributed by atoms with Crippen LogP contribution in [0, 0.1) is 5.41 Å². The second-order valence-electron chi connectivity index (χ2n) is 6.41. The van der Waals surface area contributed by atoms with Crippen LogP contribution >= 0.6 is 0 Å². The Morgan fingerprint density at radius 1 is 1.24 bits per heavy atom. The van der Waals surface area contributed by atoms with Crippen LogP contribution in [0.1, 0.15) is 33.1 Å². The number of sulfonamides is 1. The van der Waals surface area contributed by atoms with Crippen molar-refractivity contribution in [1.29, 1.82) is 0 Å². The Balaban J connectivity index is 1.95. The number of hydrogen-bond acceptors (Lipinski definition) is 4. The second-order valence-corrected chi connectivity index (χ2v) is 8.13. The average Bonchev–Trinajstić information content (AvgIpc) is 3.20. The monoisotopic (exact) mass is 312 g/mol. The van der Waals surface area contributed by atoms with Crippen LogP contribution in [0.15, 0.2) is 29.2 Å². The van der Waals surface area contributed by atoms with Crippen molar-refractivity contribution >= 4 is 15.7 Å². The number of aliphatic hydroxyl groups is 1. The molecule has 0 amide bonds. The summed E-state index contributed by atoms with van der Waals surface area (Å²) in [6.07, 6.45) is 2.58. The molecule has 0 spiro atoms. The molecule has 6 heteroatoms. The van der Waals surface area contributed by atoms with Crippen LogP contribution in [0.2, 0.25) is 0 Å². The first-order valence-electron chi connectivity index (χ1n) is 7.30. The van der Waals surface area contributed by atoms with Gasteiger partial charge in [-0.05, 0) is 48.9 Å². The van der Waals surface area contributed by atoms with E-state index < -0.39 is 10.0 Å². The molecule has 2 rings (SSSR count). The maximum Gasteiger partial charge on any atom is 0.240 e.